The number of aromatic nitrogens is 2. The molecule has 0 bridgehead atoms. The van der Waals surface area contributed by atoms with Crippen molar-refractivity contribution in [3.8, 4) is 0 Å². The molecule has 0 unspecified atom stereocenters. The molecule has 0 atom stereocenters. The second kappa shape index (κ2) is 5.16. The highest BCUT2D eigenvalue weighted by molar-refractivity contribution is 7.99. The topological polar surface area (TPSA) is 63.8 Å². The Balaban J connectivity index is 2.24. The fraction of sp³-hybridized carbons (Fsp3) is 0. The smallest absolute Gasteiger partial charge is 0.144 e. The Morgan fingerprint density at radius 2 is 2.06 bits per heavy atom. The van der Waals surface area contributed by atoms with Crippen molar-refractivity contribution in [2.45, 2.75) is 9.92 Å². The molecule has 0 aliphatic rings. The number of halogens is 1. The highest BCUT2D eigenvalue weighted by atomic mass is 35.5. The van der Waals surface area contributed by atoms with E-state index in [4.69, 9.17) is 17.4 Å². The van der Waals surface area contributed by atoms with Crippen LogP contribution in [0.5, 0.6) is 0 Å². The Kier molecular flexibility index (Phi) is 3.61. The lowest BCUT2D eigenvalue weighted by molar-refractivity contribution is 1.04. The van der Waals surface area contributed by atoms with E-state index in [-0.39, 0.29) is 0 Å². The third-order valence-electron chi connectivity index (χ3n) is 1.84. The van der Waals surface area contributed by atoms with E-state index in [9.17, 15) is 0 Å². The van der Waals surface area contributed by atoms with E-state index < -0.39 is 0 Å². The van der Waals surface area contributed by atoms with Gasteiger partial charge in [-0.25, -0.2) is 15.8 Å². The molecule has 2 rings (SSSR count). The van der Waals surface area contributed by atoms with Gasteiger partial charge in [0.25, 0.3) is 0 Å². The minimum Gasteiger partial charge on any atom is -0.308 e. The minimum atomic E-state index is 0.574. The molecule has 0 amide bonds. The van der Waals surface area contributed by atoms with Crippen LogP contribution in [0.2, 0.25) is 5.02 Å². The molecule has 4 nitrogen and oxygen atoms in total. The summed E-state index contributed by atoms with van der Waals surface area (Å²) in [4.78, 5) is 9.00. The largest absolute Gasteiger partial charge is 0.308 e. The Hall–Kier alpha value is -1.30. The molecule has 0 aliphatic heterocycles. The van der Waals surface area contributed by atoms with Crippen LogP contribution in [0.4, 0.5) is 5.82 Å². The van der Waals surface area contributed by atoms with E-state index >= 15 is 0 Å². The number of anilines is 1. The molecule has 1 aromatic carbocycles. The van der Waals surface area contributed by atoms with Crippen LogP contribution in [-0.4, -0.2) is 9.97 Å². The van der Waals surface area contributed by atoms with Crippen molar-refractivity contribution in [2.24, 2.45) is 5.84 Å². The Labute approximate surface area is 102 Å². The molecule has 6 heteroatoms. The van der Waals surface area contributed by atoms with Crippen molar-refractivity contribution in [3.63, 3.8) is 0 Å². The van der Waals surface area contributed by atoms with Gasteiger partial charge in [-0.3, -0.25) is 0 Å². The minimum absolute atomic E-state index is 0.574. The maximum absolute atomic E-state index is 6.04. The number of nitrogens with one attached hydrogen (secondary N) is 1. The van der Waals surface area contributed by atoms with E-state index in [2.05, 4.69) is 15.4 Å². The lowest BCUT2D eigenvalue weighted by atomic mass is 10.4. The standard InChI is InChI=1S/C10H9ClN4S/c11-7-3-1-2-4-8(7)16-10-5-9(15-12)13-6-14-10/h1-6H,12H2,(H,13,14,15). The lowest BCUT2D eigenvalue weighted by Crippen LogP contribution is -2.08. The second-order valence-electron chi connectivity index (χ2n) is 2.92. The van der Waals surface area contributed by atoms with E-state index in [0.29, 0.717) is 10.8 Å². The average Bonchev–Trinajstić information content (AvgIpc) is 2.32. The molecular weight excluding hydrogens is 244 g/mol. The number of rotatable bonds is 3. The first-order valence-electron chi connectivity index (χ1n) is 4.50. The first kappa shape index (κ1) is 11.2. The van der Waals surface area contributed by atoms with Crippen molar-refractivity contribution in [2.75, 3.05) is 5.43 Å². The maximum Gasteiger partial charge on any atom is 0.144 e. The van der Waals surface area contributed by atoms with E-state index in [1.165, 1.54) is 18.1 Å². The molecule has 1 heterocycles. The summed E-state index contributed by atoms with van der Waals surface area (Å²) in [6, 6.07) is 9.35. The zero-order valence-electron chi connectivity index (χ0n) is 8.22. The molecule has 3 N–H and O–H groups in total. The van der Waals surface area contributed by atoms with Crippen molar-refractivity contribution < 1.29 is 0 Å². The summed E-state index contributed by atoms with van der Waals surface area (Å²) in [6.45, 7) is 0. The molecule has 2 aromatic rings. The average molecular weight is 253 g/mol. The summed E-state index contributed by atoms with van der Waals surface area (Å²) >= 11 is 7.51. The maximum atomic E-state index is 6.04. The van der Waals surface area contributed by atoms with Gasteiger partial charge in [-0.05, 0) is 12.1 Å². The molecule has 0 radical (unpaired) electrons. The third-order valence-corrected chi connectivity index (χ3v) is 3.29. The Morgan fingerprint density at radius 3 is 2.81 bits per heavy atom. The van der Waals surface area contributed by atoms with E-state index in [1.54, 1.807) is 6.07 Å². The highest BCUT2D eigenvalue weighted by Gasteiger charge is 2.03. The van der Waals surface area contributed by atoms with Crippen LogP contribution in [0, 0.1) is 0 Å². The van der Waals surface area contributed by atoms with Crippen molar-refractivity contribution in [1.82, 2.24) is 9.97 Å². The molecule has 0 saturated carbocycles. The van der Waals surface area contributed by atoms with Crippen LogP contribution < -0.4 is 11.3 Å². The summed E-state index contributed by atoms with van der Waals surface area (Å²) in [7, 11) is 0. The van der Waals surface area contributed by atoms with Crippen LogP contribution in [0.1, 0.15) is 0 Å². The van der Waals surface area contributed by atoms with E-state index in [0.717, 1.165) is 9.92 Å². The zero-order valence-corrected chi connectivity index (χ0v) is 9.79. The molecule has 0 spiro atoms. The van der Waals surface area contributed by atoms with Crippen molar-refractivity contribution in [3.05, 3.63) is 41.7 Å². The number of nitrogen functional groups attached to an aromatic ring is 1. The zero-order chi connectivity index (χ0) is 11.4. The Bertz CT molecular complexity index is 492. The van der Waals surface area contributed by atoms with Gasteiger partial charge >= 0.3 is 0 Å². The van der Waals surface area contributed by atoms with Gasteiger partial charge in [0.15, 0.2) is 0 Å². The molecule has 0 saturated heterocycles. The number of hydrazine groups is 1. The van der Waals surface area contributed by atoms with Gasteiger partial charge < -0.3 is 5.43 Å². The number of benzene rings is 1. The first-order chi connectivity index (χ1) is 7.79. The SMILES string of the molecule is NNc1cc(Sc2ccccc2Cl)ncn1. The summed E-state index contributed by atoms with van der Waals surface area (Å²) < 4.78 is 0. The molecule has 1 aromatic heterocycles. The van der Waals surface area contributed by atoms with Gasteiger partial charge in [-0.1, -0.05) is 35.5 Å². The summed E-state index contributed by atoms with van der Waals surface area (Å²) in [5.41, 5.74) is 2.47. The summed E-state index contributed by atoms with van der Waals surface area (Å²) in [5, 5.41) is 1.49. The lowest BCUT2D eigenvalue weighted by Gasteiger charge is -2.04. The van der Waals surface area contributed by atoms with Gasteiger partial charge in [-0.2, -0.15) is 0 Å². The van der Waals surface area contributed by atoms with Gasteiger partial charge in [0, 0.05) is 11.0 Å². The Morgan fingerprint density at radius 1 is 1.25 bits per heavy atom. The highest BCUT2D eigenvalue weighted by Crippen LogP contribution is 2.32. The number of nitrogens with zero attached hydrogens (tertiary/aromatic N) is 2. The molecule has 0 aliphatic carbocycles. The van der Waals surface area contributed by atoms with Crippen LogP contribution in [0.15, 0.2) is 46.6 Å². The quantitative estimate of drug-likeness (QED) is 0.499. The van der Waals surface area contributed by atoms with Gasteiger partial charge in [-0.15, -0.1) is 0 Å². The van der Waals surface area contributed by atoms with Gasteiger partial charge in [0.2, 0.25) is 0 Å². The molecule has 0 fully saturated rings. The molecule has 82 valence electrons. The monoisotopic (exact) mass is 252 g/mol. The van der Waals surface area contributed by atoms with Crippen LogP contribution >= 0.6 is 23.4 Å². The summed E-state index contributed by atoms with van der Waals surface area (Å²) in [5.74, 6) is 5.84. The second-order valence-corrected chi connectivity index (χ2v) is 4.39. The predicted molar refractivity (Wildman–Crippen MR) is 65.4 cm³/mol. The van der Waals surface area contributed by atoms with Gasteiger partial charge in [0.1, 0.15) is 17.2 Å². The predicted octanol–water partition coefficient (Wildman–Crippen LogP) is 2.57. The number of nitrogens with two attached hydrogens (primary N) is 1. The number of hydrogen-bond acceptors (Lipinski definition) is 5. The van der Waals surface area contributed by atoms with E-state index in [1.807, 2.05) is 24.3 Å². The van der Waals surface area contributed by atoms with Crippen LogP contribution in [-0.2, 0) is 0 Å². The van der Waals surface area contributed by atoms with Crippen LogP contribution in [0.3, 0.4) is 0 Å². The fourth-order valence-electron chi connectivity index (χ4n) is 1.11. The molecular formula is C10H9ClN4S. The normalized spacial score (nSPS) is 10.1. The van der Waals surface area contributed by atoms with Crippen LogP contribution in [0.25, 0.3) is 0 Å². The summed E-state index contributed by atoms with van der Waals surface area (Å²) in [6.07, 6.45) is 1.45. The van der Waals surface area contributed by atoms with Gasteiger partial charge in [0.05, 0.1) is 5.02 Å². The number of hydrogen-bond donors (Lipinski definition) is 2. The molecule has 16 heavy (non-hydrogen) atoms. The fourth-order valence-corrected chi connectivity index (χ4v) is 2.17. The first-order valence-corrected chi connectivity index (χ1v) is 5.70. The van der Waals surface area contributed by atoms with Crippen molar-refractivity contribution in [1.29, 1.82) is 0 Å². The third kappa shape index (κ3) is 2.63. The van der Waals surface area contributed by atoms with Crippen molar-refractivity contribution >= 4 is 29.2 Å².